The molecule has 0 saturated heterocycles. The van der Waals surface area contributed by atoms with E-state index in [1.54, 1.807) is 6.92 Å². The lowest BCUT2D eigenvalue weighted by molar-refractivity contribution is -0.137. The van der Waals surface area contributed by atoms with Crippen LogP contribution in [0, 0.1) is 0 Å². The summed E-state index contributed by atoms with van der Waals surface area (Å²) in [4.78, 5) is 22.5. The van der Waals surface area contributed by atoms with Gasteiger partial charge in [0.2, 0.25) is 5.91 Å². The molecule has 0 aliphatic rings. The molecule has 0 aliphatic carbocycles. The van der Waals surface area contributed by atoms with Gasteiger partial charge in [-0.2, -0.15) is 13.2 Å². The summed E-state index contributed by atoms with van der Waals surface area (Å²) in [5.74, 6) is -2.05. The van der Waals surface area contributed by atoms with E-state index in [9.17, 15) is 22.8 Å². The van der Waals surface area contributed by atoms with Crippen molar-refractivity contribution >= 4 is 17.6 Å². The summed E-state index contributed by atoms with van der Waals surface area (Å²) in [6.07, 6.45) is -4.70. The Labute approximate surface area is 118 Å². The molecule has 0 heterocycles. The van der Waals surface area contributed by atoms with E-state index in [1.165, 1.54) is 0 Å². The number of carbonyl (C=O) groups is 2. The van der Waals surface area contributed by atoms with Crippen LogP contribution in [0.1, 0.15) is 29.3 Å². The third-order valence-electron chi connectivity index (χ3n) is 2.53. The van der Waals surface area contributed by atoms with E-state index in [2.05, 4.69) is 5.32 Å². The van der Waals surface area contributed by atoms with Crippen molar-refractivity contribution in [3.8, 4) is 0 Å². The highest BCUT2D eigenvalue weighted by molar-refractivity contribution is 6.00. The molecule has 0 aromatic heterocycles. The first kappa shape index (κ1) is 17.0. The molecule has 1 aromatic rings. The van der Waals surface area contributed by atoms with Crippen LogP contribution < -0.4 is 5.32 Å². The predicted octanol–water partition coefficient (Wildman–Crippen LogP) is 2.77. The fourth-order valence-electron chi connectivity index (χ4n) is 1.53. The Morgan fingerprint density at radius 1 is 1.33 bits per heavy atom. The maximum atomic E-state index is 12.6. The molecule has 0 atom stereocenters. The number of alkyl halides is 3. The van der Waals surface area contributed by atoms with E-state index in [0.717, 1.165) is 6.07 Å². The minimum absolute atomic E-state index is 0.0802. The number of hydrogen-bond acceptors (Lipinski definition) is 3. The summed E-state index contributed by atoms with van der Waals surface area (Å²) in [7, 11) is 0. The summed E-state index contributed by atoms with van der Waals surface area (Å²) in [6, 6.07) is 2.06. The van der Waals surface area contributed by atoms with Crippen molar-refractivity contribution in [2.75, 3.05) is 18.5 Å². The van der Waals surface area contributed by atoms with Crippen LogP contribution in [0.5, 0.6) is 0 Å². The second kappa shape index (κ2) is 7.07. The zero-order valence-corrected chi connectivity index (χ0v) is 11.2. The van der Waals surface area contributed by atoms with Crippen molar-refractivity contribution in [1.29, 1.82) is 0 Å². The number of amides is 1. The van der Waals surface area contributed by atoms with Crippen LogP contribution >= 0.6 is 0 Å². The summed E-state index contributed by atoms with van der Waals surface area (Å²) in [6.45, 7) is 2.23. The molecule has 1 aromatic carbocycles. The van der Waals surface area contributed by atoms with E-state index in [-0.39, 0.29) is 18.7 Å². The summed E-state index contributed by atoms with van der Waals surface area (Å²) in [5.41, 5.74) is -1.83. The van der Waals surface area contributed by atoms with Gasteiger partial charge in [-0.05, 0) is 25.1 Å². The Balaban J connectivity index is 2.96. The lowest BCUT2D eigenvalue weighted by Crippen LogP contribution is -2.17. The van der Waals surface area contributed by atoms with Crippen LogP contribution in [0.25, 0.3) is 0 Å². The van der Waals surface area contributed by atoms with Crippen molar-refractivity contribution < 1.29 is 32.6 Å². The topological polar surface area (TPSA) is 75.6 Å². The molecule has 0 spiro atoms. The van der Waals surface area contributed by atoms with E-state index >= 15 is 0 Å². The average Bonchev–Trinajstić information content (AvgIpc) is 2.37. The van der Waals surface area contributed by atoms with Crippen molar-refractivity contribution in [2.24, 2.45) is 0 Å². The smallest absolute Gasteiger partial charge is 0.416 e. The van der Waals surface area contributed by atoms with Gasteiger partial charge in [0, 0.05) is 6.61 Å². The molecular weight excluding hydrogens is 291 g/mol. The number of carboxylic acid groups (broad SMARTS) is 1. The number of carboxylic acids is 1. The Kier molecular flexibility index (Phi) is 5.71. The fraction of sp³-hybridized carbons (Fsp3) is 0.385. The van der Waals surface area contributed by atoms with Crippen molar-refractivity contribution in [3.05, 3.63) is 29.3 Å². The van der Waals surface area contributed by atoms with Gasteiger partial charge in [0.15, 0.2) is 0 Å². The quantitative estimate of drug-likeness (QED) is 0.792. The first-order valence-electron chi connectivity index (χ1n) is 6.07. The molecule has 0 radical (unpaired) electrons. The van der Waals surface area contributed by atoms with E-state index < -0.39 is 29.2 Å². The minimum Gasteiger partial charge on any atom is -0.478 e. The molecule has 8 heteroatoms. The summed E-state index contributed by atoms with van der Waals surface area (Å²) >= 11 is 0. The highest BCUT2D eigenvalue weighted by Crippen LogP contribution is 2.32. The van der Waals surface area contributed by atoms with Crippen LogP contribution in [0.4, 0.5) is 18.9 Å². The van der Waals surface area contributed by atoms with Crippen LogP contribution in [-0.4, -0.2) is 30.2 Å². The number of aromatic carboxylic acids is 1. The molecule has 0 aliphatic heterocycles. The predicted molar refractivity (Wildman–Crippen MR) is 68.1 cm³/mol. The molecule has 0 unspecified atom stereocenters. The number of halogens is 3. The van der Waals surface area contributed by atoms with Crippen LogP contribution in [0.2, 0.25) is 0 Å². The van der Waals surface area contributed by atoms with Crippen LogP contribution in [0.15, 0.2) is 18.2 Å². The molecule has 0 fully saturated rings. The zero-order chi connectivity index (χ0) is 16.0. The van der Waals surface area contributed by atoms with Gasteiger partial charge < -0.3 is 15.2 Å². The third-order valence-corrected chi connectivity index (χ3v) is 2.53. The van der Waals surface area contributed by atoms with Crippen molar-refractivity contribution in [2.45, 2.75) is 19.5 Å². The molecule has 1 amide bonds. The maximum Gasteiger partial charge on any atom is 0.416 e. The van der Waals surface area contributed by atoms with Gasteiger partial charge in [-0.25, -0.2) is 4.79 Å². The Hall–Kier alpha value is -2.09. The first-order chi connectivity index (χ1) is 9.75. The number of hydrogen-bond donors (Lipinski definition) is 2. The fourth-order valence-corrected chi connectivity index (χ4v) is 1.53. The number of nitrogens with one attached hydrogen (secondary N) is 1. The number of ether oxygens (including phenoxy) is 1. The lowest BCUT2D eigenvalue weighted by Gasteiger charge is -2.12. The zero-order valence-electron chi connectivity index (χ0n) is 11.2. The lowest BCUT2D eigenvalue weighted by atomic mass is 10.1. The number of benzene rings is 1. The van der Waals surface area contributed by atoms with E-state index in [4.69, 9.17) is 9.84 Å². The molecule has 1 rings (SSSR count). The van der Waals surface area contributed by atoms with E-state index in [1.807, 2.05) is 0 Å². The Morgan fingerprint density at radius 2 is 2.00 bits per heavy atom. The van der Waals surface area contributed by atoms with Gasteiger partial charge in [0.05, 0.1) is 29.8 Å². The molecule has 116 valence electrons. The van der Waals surface area contributed by atoms with Gasteiger partial charge >= 0.3 is 12.1 Å². The molecule has 0 saturated carbocycles. The summed E-state index contributed by atoms with van der Waals surface area (Å²) in [5, 5.41) is 11.1. The Bertz CT molecular complexity index is 529. The second-order valence-corrected chi connectivity index (χ2v) is 4.06. The van der Waals surface area contributed by atoms with Gasteiger partial charge in [0.1, 0.15) is 0 Å². The van der Waals surface area contributed by atoms with Gasteiger partial charge in [0.25, 0.3) is 0 Å². The van der Waals surface area contributed by atoms with Crippen LogP contribution in [0.3, 0.4) is 0 Å². The normalized spacial score (nSPS) is 11.2. The molecule has 21 heavy (non-hydrogen) atoms. The number of carbonyl (C=O) groups excluding carboxylic acids is 1. The Morgan fingerprint density at radius 3 is 2.52 bits per heavy atom. The largest absolute Gasteiger partial charge is 0.478 e. The monoisotopic (exact) mass is 305 g/mol. The number of anilines is 1. The highest BCUT2D eigenvalue weighted by atomic mass is 19.4. The molecule has 2 N–H and O–H groups in total. The van der Waals surface area contributed by atoms with Crippen LogP contribution in [-0.2, 0) is 15.7 Å². The first-order valence-corrected chi connectivity index (χ1v) is 6.07. The molecular formula is C13H14F3NO4. The number of rotatable bonds is 6. The van der Waals surface area contributed by atoms with E-state index in [0.29, 0.717) is 18.7 Å². The highest BCUT2D eigenvalue weighted by Gasteiger charge is 2.31. The molecule has 5 nitrogen and oxygen atoms in total. The third kappa shape index (κ3) is 5.07. The standard InChI is InChI=1S/C13H14F3NO4/c1-2-21-6-5-11(18)17-10-7-8(13(14,15)16)3-4-9(10)12(19)20/h3-4,7H,2,5-6H2,1H3,(H,17,18)(H,19,20). The van der Waals surface area contributed by atoms with Crippen molar-refractivity contribution in [3.63, 3.8) is 0 Å². The SMILES string of the molecule is CCOCCC(=O)Nc1cc(C(F)(F)F)ccc1C(=O)O. The van der Waals surface area contributed by atoms with Gasteiger partial charge in [-0.3, -0.25) is 4.79 Å². The van der Waals surface area contributed by atoms with Gasteiger partial charge in [-0.1, -0.05) is 0 Å². The molecule has 0 bridgehead atoms. The second-order valence-electron chi connectivity index (χ2n) is 4.06. The average molecular weight is 305 g/mol. The van der Waals surface area contributed by atoms with Gasteiger partial charge in [-0.15, -0.1) is 0 Å². The summed E-state index contributed by atoms with van der Waals surface area (Å²) < 4.78 is 42.8. The minimum atomic E-state index is -4.62. The maximum absolute atomic E-state index is 12.6. The van der Waals surface area contributed by atoms with Crippen molar-refractivity contribution in [1.82, 2.24) is 0 Å².